The van der Waals surface area contributed by atoms with Gasteiger partial charge < -0.3 is 35.6 Å². The van der Waals surface area contributed by atoms with Crippen molar-refractivity contribution < 1.29 is 19.4 Å². The van der Waals surface area contributed by atoms with Crippen molar-refractivity contribution in [3.05, 3.63) is 30.0 Å². The number of carbonyl (C=O) groups is 2. The van der Waals surface area contributed by atoms with Crippen molar-refractivity contribution in [2.45, 2.75) is 82.3 Å². The molecule has 0 bridgehead atoms. The second-order valence-corrected chi connectivity index (χ2v) is 11.4. The van der Waals surface area contributed by atoms with Gasteiger partial charge >= 0.3 is 0 Å². The number of benzene rings is 1. The van der Waals surface area contributed by atoms with Gasteiger partial charge in [-0.05, 0) is 76.2 Å². The summed E-state index contributed by atoms with van der Waals surface area (Å²) in [7, 11) is 3.36. The highest BCUT2D eigenvalue weighted by Gasteiger charge is 2.41. The summed E-state index contributed by atoms with van der Waals surface area (Å²) in [5, 5.41) is 19.3. The fourth-order valence-corrected chi connectivity index (χ4v) is 6.57. The lowest BCUT2D eigenvalue weighted by Gasteiger charge is -2.43. The van der Waals surface area contributed by atoms with Gasteiger partial charge in [0, 0.05) is 30.8 Å². The lowest BCUT2D eigenvalue weighted by molar-refractivity contribution is -0.120. The smallest absolute Gasteiger partial charge is 0.251 e. The zero-order valence-electron chi connectivity index (χ0n) is 24.4. The molecule has 0 unspecified atom stereocenters. The number of aromatic nitrogens is 2. The van der Waals surface area contributed by atoms with Crippen LogP contribution in [0.3, 0.4) is 0 Å². The number of methoxy groups -OCH3 is 1. The molecular formula is C30H43N7O4. The fraction of sp³-hybridized carbons (Fsp3) is 0.600. The zero-order valence-corrected chi connectivity index (χ0v) is 24.4. The molecule has 41 heavy (non-hydrogen) atoms. The van der Waals surface area contributed by atoms with Crippen molar-refractivity contribution >= 4 is 35.0 Å². The number of likely N-dealkylation sites (N-methyl/N-ethyl adjacent to an activating group) is 1. The van der Waals surface area contributed by atoms with Crippen LogP contribution < -0.4 is 30.5 Å². The molecule has 0 spiro atoms. The second-order valence-electron chi connectivity index (χ2n) is 11.4. The van der Waals surface area contributed by atoms with E-state index in [-0.39, 0.29) is 36.0 Å². The van der Waals surface area contributed by atoms with Gasteiger partial charge in [0.2, 0.25) is 11.9 Å². The van der Waals surface area contributed by atoms with Crippen LogP contribution in [-0.2, 0) is 4.79 Å². The maximum Gasteiger partial charge on any atom is 0.251 e. The molecular weight excluding hydrogens is 522 g/mol. The number of carbonyl (C=O) groups excluding carboxylic acids is 2. The van der Waals surface area contributed by atoms with E-state index in [9.17, 15) is 14.7 Å². The number of hydrogen-bond donors (Lipinski definition) is 4. The highest BCUT2D eigenvalue weighted by molar-refractivity contribution is 6.04. The summed E-state index contributed by atoms with van der Waals surface area (Å²) in [5.74, 6) is 1.59. The Morgan fingerprint density at radius 3 is 2.68 bits per heavy atom. The molecule has 1 saturated heterocycles. The first-order valence-corrected chi connectivity index (χ1v) is 14.9. The number of amides is 2. The Hall–Kier alpha value is -3.44. The SMILES string of the molecule is CC[C@@H]1C(=O)N(C)c2cnc(Nc3ccc(C(=O)NC4(CCCO)CCNCC4)cc3OC)nc2N1C1CCCC1. The summed E-state index contributed by atoms with van der Waals surface area (Å²) < 4.78 is 5.66. The van der Waals surface area contributed by atoms with Crippen LogP contribution in [0.15, 0.2) is 24.4 Å². The number of ether oxygens (including phenoxy) is 1. The Labute approximate surface area is 242 Å². The van der Waals surface area contributed by atoms with Crippen LogP contribution in [0.1, 0.15) is 75.1 Å². The average Bonchev–Trinajstić information content (AvgIpc) is 3.53. The van der Waals surface area contributed by atoms with E-state index in [1.807, 2.05) is 6.92 Å². The molecule has 1 aromatic carbocycles. The molecule has 11 heteroatoms. The van der Waals surface area contributed by atoms with Crippen LogP contribution >= 0.6 is 0 Å². The van der Waals surface area contributed by atoms with Gasteiger partial charge in [-0.2, -0.15) is 4.98 Å². The number of aliphatic hydroxyl groups is 1. The van der Waals surface area contributed by atoms with E-state index in [0.717, 1.165) is 63.9 Å². The number of nitrogens with zero attached hydrogens (tertiary/aromatic N) is 4. The normalized spacial score (nSPS) is 20.6. The second kappa shape index (κ2) is 12.6. The summed E-state index contributed by atoms with van der Waals surface area (Å²) in [4.78, 5) is 39.8. The summed E-state index contributed by atoms with van der Waals surface area (Å²) >= 11 is 0. The van der Waals surface area contributed by atoms with Gasteiger partial charge in [0.25, 0.3) is 5.91 Å². The fourth-order valence-electron chi connectivity index (χ4n) is 6.57. The van der Waals surface area contributed by atoms with E-state index in [4.69, 9.17) is 9.72 Å². The molecule has 2 amide bonds. The predicted octanol–water partition coefficient (Wildman–Crippen LogP) is 3.36. The van der Waals surface area contributed by atoms with E-state index >= 15 is 0 Å². The molecule has 2 aliphatic heterocycles. The third kappa shape index (κ3) is 5.97. The molecule has 2 fully saturated rings. The number of hydrogen-bond acceptors (Lipinski definition) is 9. The molecule has 3 aliphatic rings. The van der Waals surface area contributed by atoms with Crippen molar-refractivity contribution in [1.82, 2.24) is 20.6 Å². The lowest BCUT2D eigenvalue weighted by atomic mass is 9.83. The van der Waals surface area contributed by atoms with Gasteiger partial charge in [-0.3, -0.25) is 9.59 Å². The van der Waals surface area contributed by atoms with Crippen LogP contribution in [0.25, 0.3) is 0 Å². The zero-order chi connectivity index (χ0) is 29.0. The van der Waals surface area contributed by atoms with E-state index in [2.05, 4.69) is 25.8 Å². The molecule has 1 saturated carbocycles. The van der Waals surface area contributed by atoms with E-state index in [1.165, 1.54) is 0 Å². The Morgan fingerprint density at radius 2 is 2.00 bits per heavy atom. The quantitative estimate of drug-likeness (QED) is 0.342. The molecule has 11 nitrogen and oxygen atoms in total. The van der Waals surface area contributed by atoms with Crippen LogP contribution in [0, 0.1) is 0 Å². The van der Waals surface area contributed by atoms with Gasteiger partial charge in [0.05, 0.1) is 19.0 Å². The van der Waals surface area contributed by atoms with Crippen LogP contribution in [0.4, 0.5) is 23.1 Å². The molecule has 2 aromatic rings. The van der Waals surface area contributed by atoms with E-state index < -0.39 is 0 Å². The Bertz CT molecular complexity index is 1240. The summed E-state index contributed by atoms with van der Waals surface area (Å²) in [6.45, 7) is 3.82. The minimum atomic E-state index is -0.331. The summed E-state index contributed by atoms with van der Waals surface area (Å²) in [6.07, 6.45) is 9.86. The summed E-state index contributed by atoms with van der Waals surface area (Å²) in [5.41, 5.74) is 1.52. The third-order valence-electron chi connectivity index (χ3n) is 8.88. The Kier molecular flexibility index (Phi) is 8.94. The molecule has 222 valence electrons. The van der Waals surface area contributed by atoms with Crippen LogP contribution in [0.5, 0.6) is 5.75 Å². The molecule has 3 heterocycles. The molecule has 1 aliphatic carbocycles. The van der Waals surface area contributed by atoms with Gasteiger partial charge in [-0.15, -0.1) is 0 Å². The first-order chi connectivity index (χ1) is 19.9. The van der Waals surface area contributed by atoms with Crippen LogP contribution in [-0.4, -0.2) is 78.4 Å². The predicted molar refractivity (Wildman–Crippen MR) is 159 cm³/mol. The topological polar surface area (TPSA) is 132 Å². The maximum absolute atomic E-state index is 13.3. The first kappa shape index (κ1) is 29.1. The summed E-state index contributed by atoms with van der Waals surface area (Å²) in [6, 6.07) is 5.34. The highest BCUT2D eigenvalue weighted by atomic mass is 16.5. The van der Waals surface area contributed by atoms with Crippen molar-refractivity contribution in [3.8, 4) is 5.75 Å². The number of nitrogens with one attached hydrogen (secondary N) is 3. The standard InChI is InChI=1S/C30H43N7O4/c1-4-23-28(40)36(2)24-19-32-29(34-26(24)37(23)21-8-5-6-9-21)33-22-11-10-20(18-25(22)41-3)27(39)35-30(12-7-17-38)13-15-31-16-14-30/h10-11,18-19,21,23,31,38H,4-9,12-17H2,1-3H3,(H,35,39)(H,32,33,34)/t23-/m1/s1. The number of fused-ring (bicyclic) bond motifs is 1. The minimum absolute atomic E-state index is 0.0781. The van der Waals surface area contributed by atoms with Crippen molar-refractivity contribution in [2.24, 2.45) is 0 Å². The highest BCUT2D eigenvalue weighted by Crippen LogP contribution is 2.40. The van der Waals surface area contributed by atoms with E-state index in [0.29, 0.717) is 41.5 Å². The van der Waals surface area contributed by atoms with Crippen molar-refractivity contribution in [1.29, 1.82) is 0 Å². The molecule has 1 aromatic heterocycles. The monoisotopic (exact) mass is 565 g/mol. The third-order valence-corrected chi connectivity index (χ3v) is 8.88. The lowest BCUT2D eigenvalue weighted by Crippen LogP contribution is -2.55. The molecule has 5 rings (SSSR count). The molecule has 1 atom stereocenters. The van der Waals surface area contributed by atoms with Gasteiger partial charge in [-0.25, -0.2) is 4.98 Å². The average molecular weight is 566 g/mol. The minimum Gasteiger partial charge on any atom is -0.495 e. The number of aliphatic hydroxyl groups excluding tert-OH is 1. The maximum atomic E-state index is 13.3. The van der Waals surface area contributed by atoms with Crippen molar-refractivity contribution in [2.75, 3.05) is 49.0 Å². The Morgan fingerprint density at radius 1 is 1.24 bits per heavy atom. The van der Waals surface area contributed by atoms with Gasteiger partial charge in [-0.1, -0.05) is 19.8 Å². The number of rotatable bonds is 10. The molecule has 4 N–H and O–H groups in total. The van der Waals surface area contributed by atoms with Crippen LogP contribution in [0.2, 0.25) is 0 Å². The molecule has 0 radical (unpaired) electrons. The number of piperidine rings is 1. The Balaban J connectivity index is 1.38. The first-order valence-electron chi connectivity index (χ1n) is 14.9. The van der Waals surface area contributed by atoms with Gasteiger partial charge in [0.1, 0.15) is 17.5 Å². The van der Waals surface area contributed by atoms with E-state index in [1.54, 1.807) is 43.5 Å². The largest absolute Gasteiger partial charge is 0.495 e. The number of anilines is 4. The van der Waals surface area contributed by atoms with Gasteiger partial charge in [0.15, 0.2) is 5.82 Å². The van der Waals surface area contributed by atoms with Crippen molar-refractivity contribution in [3.63, 3.8) is 0 Å².